The lowest BCUT2D eigenvalue weighted by Crippen LogP contribution is -2.35. The van der Waals surface area contributed by atoms with Crippen LogP contribution in [0.2, 0.25) is 0 Å². The summed E-state index contributed by atoms with van der Waals surface area (Å²) < 4.78 is 5.37. The van der Waals surface area contributed by atoms with Gasteiger partial charge in [-0.3, -0.25) is 9.78 Å². The van der Waals surface area contributed by atoms with Crippen LogP contribution in [0.15, 0.2) is 61.4 Å². The number of nitriles is 1. The van der Waals surface area contributed by atoms with E-state index in [-0.39, 0.29) is 18.9 Å². The highest BCUT2D eigenvalue weighted by molar-refractivity contribution is 7.16. The fraction of sp³-hybridized carbons (Fsp3) is 0.250. The lowest BCUT2D eigenvalue weighted by atomic mass is 10.0. The summed E-state index contributed by atoms with van der Waals surface area (Å²) in [6.45, 7) is 8.39. The summed E-state index contributed by atoms with van der Waals surface area (Å²) in [7, 11) is 0. The van der Waals surface area contributed by atoms with E-state index in [0.29, 0.717) is 42.2 Å². The zero-order valence-corrected chi connectivity index (χ0v) is 18.5. The molecular weight excluding hydrogens is 424 g/mol. The second-order valence-corrected chi connectivity index (χ2v) is 8.27. The molecule has 2 aromatic rings. The lowest BCUT2D eigenvalue weighted by molar-refractivity contribution is -0.116. The van der Waals surface area contributed by atoms with E-state index in [4.69, 9.17) is 4.74 Å². The summed E-state index contributed by atoms with van der Waals surface area (Å²) in [4.78, 5) is 31.5. The van der Waals surface area contributed by atoms with Crippen LogP contribution in [0.3, 0.4) is 0 Å². The number of nitrogens with one attached hydrogen (secondary N) is 1. The Morgan fingerprint density at radius 1 is 1.38 bits per heavy atom. The second kappa shape index (κ2) is 11.1. The van der Waals surface area contributed by atoms with Gasteiger partial charge in [0.25, 0.3) is 0 Å². The smallest absolute Gasteiger partial charge is 0.410 e. The van der Waals surface area contributed by atoms with Crippen LogP contribution in [0, 0.1) is 11.3 Å². The highest BCUT2D eigenvalue weighted by Crippen LogP contribution is 2.37. The van der Waals surface area contributed by atoms with Gasteiger partial charge in [0.05, 0.1) is 17.8 Å². The standard InChI is InChI=1S/C24H24N4O3S/c1-3-4-7-17(2)9-10-22(29)27-23-20(14-25)19-11-13-28(15-21(19)32-23)24(30)31-16-18-8-5-6-12-26-18/h3-8,12H,1-2,9-11,13,15-16H2,(H,27,29)/b7-4-. The maximum atomic E-state index is 12.5. The van der Waals surface area contributed by atoms with E-state index in [1.54, 1.807) is 35.4 Å². The van der Waals surface area contributed by atoms with E-state index in [1.807, 2.05) is 12.1 Å². The molecule has 3 rings (SSSR count). The Balaban J connectivity index is 1.60. The zero-order valence-electron chi connectivity index (χ0n) is 17.7. The predicted octanol–water partition coefficient (Wildman–Crippen LogP) is 4.73. The number of aromatic nitrogens is 1. The molecule has 0 bridgehead atoms. The maximum Gasteiger partial charge on any atom is 0.410 e. The molecule has 0 unspecified atom stereocenters. The van der Waals surface area contributed by atoms with Crippen molar-refractivity contribution < 1.29 is 14.3 Å². The molecule has 3 heterocycles. The summed E-state index contributed by atoms with van der Waals surface area (Å²) >= 11 is 1.33. The maximum absolute atomic E-state index is 12.5. The van der Waals surface area contributed by atoms with Crippen molar-refractivity contribution in [2.75, 3.05) is 11.9 Å². The predicted molar refractivity (Wildman–Crippen MR) is 124 cm³/mol. The Kier molecular flexibility index (Phi) is 7.95. The number of amides is 2. The molecule has 0 spiro atoms. The number of rotatable bonds is 8. The number of hydrogen-bond donors (Lipinski definition) is 1. The average molecular weight is 449 g/mol. The highest BCUT2D eigenvalue weighted by atomic mass is 32.1. The van der Waals surface area contributed by atoms with Crippen LogP contribution in [0.25, 0.3) is 0 Å². The number of fused-ring (bicyclic) bond motifs is 1. The minimum atomic E-state index is -0.426. The Hall–Kier alpha value is -3.70. The molecule has 2 amide bonds. The first kappa shape index (κ1) is 23.0. The van der Waals surface area contributed by atoms with Crippen molar-refractivity contribution in [3.63, 3.8) is 0 Å². The second-order valence-electron chi connectivity index (χ2n) is 7.17. The van der Waals surface area contributed by atoms with Gasteiger partial charge < -0.3 is 15.0 Å². The number of carbonyl (C=O) groups excluding carboxylic acids is 2. The number of carbonyl (C=O) groups is 2. The van der Waals surface area contributed by atoms with Gasteiger partial charge in [0.1, 0.15) is 17.7 Å². The first-order valence-corrected chi connectivity index (χ1v) is 11.0. The number of hydrogen-bond acceptors (Lipinski definition) is 6. The van der Waals surface area contributed by atoms with E-state index in [1.165, 1.54) is 11.3 Å². The lowest BCUT2D eigenvalue weighted by Gasteiger charge is -2.26. The van der Waals surface area contributed by atoms with Gasteiger partial charge in [0, 0.05) is 24.0 Å². The molecule has 0 fully saturated rings. The third-order valence-corrected chi connectivity index (χ3v) is 6.02. The molecule has 1 N–H and O–H groups in total. The Bertz CT molecular complexity index is 1080. The van der Waals surface area contributed by atoms with Gasteiger partial charge in [-0.25, -0.2) is 4.79 Å². The molecule has 0 aromatic carbocycles. The van der Waals surface area contributed by atoms with E-state index in [9.17, 15) is 14.9 Å². The van der Waals surface area contributed by atoms with Gasteiger partial charge in [-0.2, -0.15) is 5.26 Å². The van der Waals surface area contributed by atoms with Crippen LogP contribution in [0.1, 0.15) is 34.5 Å². The van der Waals surface area contributed by atoms with Gasteiger partial charge in [-0.15, -0.1) is 11.3 Å². The summed E-state index contributed by atoms with van der Waals surface area (Å²) in [5.74, 6) is -0.181. The van der Waals surface area contributed by atoms with Crippen LogP contribution in [-0.4, -0.2) is 28.4 Å². The fourth-order valence-corrected chi connectivity index (χ4v) is 4.46. The molecule has 0 aliphatic carbocycles. The van der Waals surface area contributed by atoms with Crippen molar-refractivity contribution in [1.29, 1.82) is 5.26 Å². The fourth-order valence-electron chi connectivity index (χ4n) is 3.23. The van der Waals surface area contributed by atoms with Gasteiger partial charge in [0.15, 0.2) is 0 Å². The van der Waals surface area contributed by atoms with Crippen molar-refractivity contribution >= 4 is 28.3 Å². The molecule has 1 aliphatic rings. The molecule has 0 saturated heterocycles. The molecule has 8 heteroatoms. The topological polar surface area (TPSA) is 95.3 Å². The van der Waals surface area contributed by atoms with Crippen molar-refractivity contribution in [3.8, 4) is 6.07 Å². The number of pyridine rings is 1. The van der Waals surface area contributed by atoms with Crippen molar-refractivity contribution in [1.82, 2.24) is 9.88 Å². The summed E-state index contributed by atoms with van der Waals surface area (Å²) in [6.07, 6.45) is 7.77. The van der Waals surface area contributed by atoms with Gasteiger partial charge in [-0.1, -0.05) is 43.0 Å². The third-order valence-electron chi connectivity index (χ3n) is 4.89. The van der Waals surface area contributed by atoms with Crippen molar-refractivity contribution in [2.24, 2.45) is 0 Å². The minimum absolute atomic E-state index is 0.103. The molecule has 0 saturated carbocycles. The summed E-state index contributed by atoms with van der Waals surface area (Å²) in [5.41, 5.74) is 2.87. The Morgan fingerprint density at radius 3 is 2.94 bits per heavy atom. The highest BCUT2D eigenvalue weighted by Gasteiger charge is 2.28. The third kappa shape index (κ3) is 5.93. The summed E-state index contributed by atoms with van der Waals surface area (Å²) in [5, 5.41) is 13.0. The molecule has 164 valence electrons. The number of anilines is 1. The number of nitrogens with zero attached hydrogens (tertiary/aromatic N) is 3. The zero-order chi connectivity index (χ0) is 22.9. The Labute approximate surface area is 191 Å². The average Bonchev–Trinajstić information content (AvgIpc) is 3.16. The molecule has 0 radical (unpaired) electrons. The van der Waals surface area contributed by atoms with Crippen LogP contribution in [0.5, 0.6) is 0 Å². The molecular formula is C24H24N4O3S. The summed E-state index contributed by atoms with van der Waals surface area (Å²) in [6, 6.07) is 7.63. The van der Waals surface area contributed by atoms with E-state index in [2.05, 4.69) is 29.5 Å². The monoisotopic (exact) mass is 448 g/mol. The first-order valence-electron chi connectivity index (χ1n) is 10.1. The molecule has 0 atom stereocenters. The normalized spacial score (nSPS) is 12.7. The van der Waals surface area contributed by atoms with Crippen molar-refractivity contribution in [2.45, 2.75) is 32.4 Å². The van der Waals surface area contributed by atoms with Gasteiger partial charge in [-0.05, 0) is 30.5 Å². The van der Waals surface area contributed by atoms with Crippen LogP contribution >= 0.6 is 11.3 Å². The van der Waals surface area contributed by atoms with Gasteiger partial charge >= 0.3 is 6.09 Å². The van der Waals surface area contributed by atoms with E-state index in [0.717, 1.165) is 16.0 Å². The van der Waals surface area contributed by atoms with Crippen molar-refractivity contribution in [3.05, 3.63) is 83.1 Å². The molecule has 32 heavy (non-hydrogen) atoms. The minimum Gasteiger partial charge on any atom is -0.443 e. The largest absolute Gasteiger partial charge is 0.443 e. The molecule has 1 aliphatic heterocycles. The quantitative estimate of drug-likeness (QED) is 0.589. The van der Waals surface area contributed by atoms with Gasteiger partial charge in [0.2, 0.25) is 5.91 Å². The SMILES string of the molecule is C=C/C=C\C(=C)CCC(=O)Nc1sc2c(c1C#N)CCN(C(=O)OCc1ccccn1)C2. The van der Waals surface area contributed by atoms with Crippen LogP contribution in [0.4, 0.5) is 9.80 Å². The molecule has 2 aromatic heterocycles. The van der Waals surface area contributed by atoms with Crippen LogP contribution in [-0.2, 0) is 29.1 Å². The number of ether oxygens (including phenoxy) is 1. The molecule has 7 nitrogen and oxygen atoms in total. The number of allylic oxidation sites excluding steroid dienone is 4. The number of thiophene rings is 1. The van der Waals surface area contributed by atoms with Crippen LogP contribution < -0.4 is 5.32 Å². The Morgan fingerprint density at radius 2 is 2.22 bits per heavy atom. The van der Waals surface area contributed by atoms with E-state index < -0.39 is 6.09 Å². The van der Waals surface area contributed by atoms with E-state index >= 15 is 0 Å². The first-order chi connectivity index (χ1) is 15.5.